The first kappa shape index (κ1) is 17.5. The highest BCUT2D eigenvalue weighted by Crippen LogP contribution is 2.19. The van der Waals surface area contributed by atoms with Gasteiger partial charge in [-0.3, -0.25) is 4.79 Å². The van der Waals surface area contributed by atoms with Crippen molar-refractivity contribution in [2.24, 2.45) is 5.92 Å². The van der Waals surface area contributed by atoms with Crippen LogP contribution in [-0.2, 0) is 20.6 Å². The number of benzene rings is 1. The van der Waals surface area contributed by atoms with E-state index in [2.05, 4.69) is 4.72 Å². The number of nitrogens with one attached hydrogen (secondary N) is 1. The summed E-state index contributed by atoms with van der Waals surface area (Å²) >= 11 is 0. The molecule has 0 unspecified atom stereocenters. The molecule has 0 bridgehead atoms. The average molecular weight is 321 g/mol. The Morgan fingerprint density at radius 2 is 1.76 bits per heavy atom. The lowest BCUT2D eigenvalue weighted by Gasteiger charge is -2.18. The minimum Gasteiger partial charge on any atom is -0.480 e. The molecular weight excluding hydrogens is 304 g/mol. The van der Waals surface area contributed by atoms with Gasteiger partial charge in [-0.1, -0.05) is 38.1 Å². The van der Waals surface area contributed by atoms with E-state index in [-0.39, 0.29) is 5.56 Å². The molecule has 0 amide bonds. The molecule has 1 atom stereocenters. The van der Waals surface area contributed by atoms with E-state index in [1.165, 1.54) is 12.1 Å². The quantitative estimate of drug-likeness (QED) is 0.806. The molecule has 0 heterocycles. The summed E-state index contributed by atoms with van der Waals surface area (Å²) in [4.78, 5) is 11.0. The molecule has 1 rings (SSSR count). The minimum atomic E-state index is -3.88. The first-order valence-electron chi connectivity index (χ1n) is 6.22. The molecule has 0 saturated carbocycles. The fourth-order valence-electron chi connectivity index (χ4n) is 1.69. The van der Waals surface area contributed by atoms with Gasteiger partial charge in [-0.2, -0.15) is 0 Å². The first-order chi connectivity index (χ1) is 9.62. The third-order valence-corrected chi connectivity index (χ3v) is 4.15. The zero-order valence-electron chi connectivity index (χ0n) is 11.6. The molecule has 5 nitrogen and oxygen atoms in total. The number of aliphatic carboxylic acids is 1. The third-order valence-electron chi connectivity index (χ3n) is 2.83. The maximum Gasteiger partial charge on any atom is 0.321 e. The summed E-state index contributed by atoms with van der Waals surface area (Å²) in [7, 11) is -3.88. The van der Waals surface area contributed by atoms with Crippen molar-refractivity contribution in [1.82, 2.24) is 4.72 Å². The van der Waals surface area contributed by atoms with Crippen LogP contribution in [0.15, 0.2) is 24.3 Å². The molecule has 1 aromatic rings. The lowest BCUT2D eigenvalue weighted by molar-refractivity contribution is -0.140. The molecule has 0 aliphatic rings. The maximum atomic E-state index is 12.4. The SMILES string of the molecule is CC(C)[C@H](NS(=O)(=O)Cc1ccc(C(F)F)cc1)C(=O)O. The molecule has 8 heteroatoms. The molecule has 0 aromatic heterocycles. The van der Waals surface area contributed by atoms with E-state index >= 15 is 0 Å². The Hall–Kier alpha value is -1.54. The predicted octanol–water partition coefficient (Wildman–Crippen LogP) is 2.15. The Bertz CT molecular complexity index is 585. The molecule has 0 spiro atoms. The number of hydrogen-bond acceptors (Lipinski definition) is 3. The van der Waals surface area contributed by atoms with Crippen molar-refractivity contribution in [2.45, 2.75) is 32.1 Å². The van der Waals surface area contributed by atoms with Crippen LogP contribution in [0.25, 0.3) is 0 Å². The van der Waals surface area contributed by atoms with Crippen molar-refractivity contribution in [3.05, 3.63) is 35.4 Å². The van der Waals surface area contributed by atoms with Crippen molar-refractivity contribution < 1.29 is 27.1 Å². The van der Waals surface area contributed by atoms with Gasteiger partial charge >= 0.3 is 5.97 Å². The number of hydrogen-bond donors (Lipinski definition) is 2. The zero-order chi connectivity index (χ0) is 16.2. The van der Waals surface area contributed by atoms with E-state index in [1.807, 2.05) is 0 Å². The molecule has 0 aliphatic carbocycles. The second-order valence-electron chi connectivity index (χ2n) is 4.98. The Morgan fingerprint density at radius 3 is 2.14 bits per heavy atom. The summed E-state index contributed by atoms with van der Waals surface area (Å²) in [6, 6.07) is 3.63. The molecule has 0 radical (unpaired) electrons. The standard InChI is InChI=1S/C13H17F2NO4S/c1-8(2)11(13(17)18)16-21(19,20)7-9-3-5-10(6-4-9)12(14)15/h3-6,8,11-12,16H,7H2,1-2H3,(H,17,18)/t11-/m0/s1. The van der Waals surface area contributed by atoms with E-state index in [1.54, 1.807) is 13.8 Å². The fraction of sp³-hybridized carbons (Fsp3) is 0.462. The first-order valence-corrected chi connectivity index (χ1v) is 7.87. The molecule has 118 valence electrons. The summed E-state index contributed by atoms with van der Waals surface area (Å²) in [6.45, 7) is 3.16. The Labute approximate surface area is 122 Å². The van der Waals surface area contributed by atoms with Crippen LogP contribution in [0.4, 0.5) is 8.78 Å². The van der Waals surface area contributed by atoms with Gasteiger partial charge in [-0.25, -0.2) is 21.9 Å². The maximum absolute atomic E-state index is 12.4. The Balaban J connectivity index is 2.82. The second kappa shape index (κ2) is 6.95. The summed E-state index contributed by atoms with van der Waals surface area (Å²) < 4.78 is 50.7. The number of sulfonamides is 1. The van der Waals surface area contributed by atoms with Crippen LogP contribution in [-0.4, -0.2) is 25.5 Å². The molecule has 1 aromatic carbocycles. The number of halogens is 2. The van der Waals surface area contributed by atoms with Gasteiger partial charge in [-0.05, 0) is 11.5 Å². The highest BCUT2D eigenvalue weighted by Gasteiger charge is 2.27. The fourth-order valence-corrected chi connectivity index (χ4v) is 3.16. The average Bonchev–Trinajstić information content (AvgIpc) is 2.35. The van der Waals surface area contributed by atoms with Crippen LogP contribution in [0.3, 0.4) is 0 Å². The van der Waals surface area contributed by atoms with Crippen LogP contribution in [0.2, 0.25) is 0 Å². The van der Waals surface area contributed by atoms with E-state index in [4.69, 9.17) is 5.11 Å². The van der Waals surface area contributed by atoms with Gasteiger partial charge in [0.15, 0.2) is 0 Å². The summed E-state index contributed by atoms with van der Waals surface area (Å²) in [5, 5.41) is 8.96. The van der Waals surface area contributed by atoms with Gasteiger partial charge in [0, 0.05) is 5.56 Å². The highest BCUT2D eigenvalue weighted by molar-refractivity contribution is 7.88. The molecule has 0 fully saturated rings. The molecule has 0 saturated heterocycles. The van der Waals surface area contributed by atoms with Crippen LogP contribution in [0.1, 0.15) is 31.4 Å². The summed E-state index contributed by atoms with van der Waals surface area (Å²) in [5.74, 6) is -2.15. The van der Waals surface area contributed by atoms with Gasteiger partial charge in [0.2, 0.25) is 10.0 Å². The van der Waals surface area contributed by atoms with Gasteiger partial charge in [0.1, 0.15) is 6.04 Å². The topological polar surface area (TPSA) is 83.5 Å². The largest absolute Gasteiger partial charge is 0.480 e. The summed E-state index contributed by atoms with van der Waals surface area (Å²) in [6.07, 6.45) is -2.62. The monoisotopic (exact) mass is 321 g/mol. The van der Waals surface area contributed by atoms with E-state index in [0.29, 0.717) is 5.56 Å². The lowest BCUT2D eigenvalue weighted by atomic mass is 10.1. The molecule has 2 N–H and O–H groups in total. The predicted molar refractivity (Wildman–Crippen MR) is 73.4 cm³/mol. The van der Waals surface area contributed by atoms with Crippen LogP contribution < -0.4 is 4.72 Å². The van der Waals surface area contributed by atoms with Crippen molar-refractivity contribution in [1.29, 1.82) is 0 Å². The number of rotatable bonds is 7. The highest BCUT2D eigenvalue weighted by atomic mass is 32.2. The Kier molecular flexibility index (Phi) is 5.79. The van der Waals surface area contributed by atoms with Gasteiger partial charge < -0.3 is 5.11 Å². The van der Waals surface area contributed by atoms with Gasteiger partial charge in [0.25, 0.3) is 6.43 Å². The van der Waals surface area contributed by atoms with E-state index in [0.717, 1.165) is 12.1 Å². The Morgan fingerprint density at radius 1 is 1.24 bits per heavy atom. The van der Waals surface area contributed by atoms with Gasteiger partial charge in [-0.15, -0.1) is 0 Å². The lowest BCUT2D eigenvalue weighted by Crippen LogP contribution is -2.44. The second-order valence-corrected chi connectivity index (χ2v) is 6.73. The third kappa shape index (κ3) is 5.39. The van der Waals surface area contributed by atoms with Gasteiger partial charge in [0.05, 0.1) is 5.75 Å². The van der Waals surface area contributed by atoms with Crippen LogP contribution in [0.5, 0.6) is 0 Å². The normalized spacial score (nSPS) is 13.6. The van der Waals surface area contributed by atoms with Crippen molar-refractivity contribution in [3.63, 3.8) is 0 Å². The zero-order valence-corrected chi connectivity index (χ0v) is 12.4. The number of carboxylic acids is 1. The van der Waals surface area contributed by atoms with E-state index in [9.17, 15) is 22.0 Å². The minimum absolute atomic E-state index is 0.199. The number of alkyl halides is 2. The van der Waals surface area contributed by atoms with Crippen molar-refractivity contribution in [2.75, 3.05) is 0 Å². The molecule has 0 aliphatic heterocycles. The van der Waals surface area contributed by atoms with E-state index < -0.39 is 40.1 Å². The number of carbonyl (C=O) groups is 1. The smallest absolute Gasteiger partial charge is 0.321 e. The molecular formula is C13H17F2NO4S. The summed E-state index contributed by atoms with van der Waals surface area (Å²) in [5.41, 5.74) is 0.106. The van der Waals surface area contributed by atoms with Crippen molar-refractivity contribution in [3.8, 4) is 0 Å². The van der Waals surface area contributed by atoms with Crippen molar-refractivity contribution >= 4 is 16.0 Å². The van der Waals surface area contributed by atoms with Crippen LogP contribution >= 0.6 is 0 Å². The number of carboxylic acid groups (broad SMARTS) is 1. The molecule has 21 heavy (non-hydrogen) atoms. The van der Waals surface area contributed by atoms with Crippen LogP contribution in [0, 0.1) is 5.92 Å².